The van der Waals surface area contributed by atoms with Gasteiger partial charge in [-0.2, -0.15) is 0 Å². The van der Waals surface area contributed by atoms with Gasteiger partial charge in [-0.1, -0.05) is 27.2 Å². The SMILES string of the molecule is CCC(C)(C)CCC1COC2(CC(C)(C)N(C)C(C)(C)C2)O1. The van der Waals surface area contributed by atoms with Crippen LogP contribution >= 0.6 is 0 Å². The van der Waals surface area contributed by atoms with Gasteiger partial charge in [-0.05, 0) is 53.0 Å². The minimum Gasteiger partial charge on any atom is -0.347 e. The van der Waals surface area contributed by atoms with E-state index in [0.29, 0.717) is 5.41 Å². The first-order valence-electron chi connectivity index (χ1n) is 8.97. The van der Waals surface area contributed by atoms with Crippen molar-refractivity contribution in [1.82, 2.24) is 4.90 Å². The van der Waals surface area contributed by atoms with Crippen LogP contribution in [0.5, 0.6) is 0 Å². The van der Waals surface area contributed by atoms with E-state index in [1.165, 1.54) is 12.8 Å². The summed E-state index contributed by atoms with van der Waals surface area (Å²) < 4.78 is 12.8. The highest BCUT2D eigenvalue weighted by atomic mass is 16.7. The molecule has 2 rings (SSSR count). The Morgan fingerprint density at radius 2 is 1.64 bits per heavy atom. The summed E-state index contributed by atoms with van der Waals surface area (Å²) in [5, 5.41) is 0. The Balaban J connectivity index is 2.02. The third-order valence-corrected chi connectivity index (χ3v) is 6.23. The highest BCUT2D eigenvalue weighted by molar-refractivity contribution is 5.04. The van der Waals surface area contributed by atoms with Gasteiger partial charge in [-0.15, -0.1) is 0 Å². The minimum absolute atomic E-state index is 0.0966. The van der Waals surface area contributed by atoms with Gasteiger partial charge >= 0.3 is 0 Å². The number of rotatable bonds is 4. The Morgan fingerprint density at radius 1 is 1.09 bits per heavy atom. The van der Waals surface area contributed by atoms with Crippen LogP contribution in [-0.2, 0) is 9.47 Å². The highest BCUT2D eigenvalue weighted by Gasteiger charge is 2.55. The predicted molar refractivity (Wildman–Crippen MR) is 92.0 cm³/mol. The van der Waals surface area contributed by atoms with Crippen molar-refractivity contribution < 1.29 is 9.47 Å². The second kappa shape index (κ2) is 5.75. The summed E-state index contributed by atoms with van der Waals surface area (Å²) in [4.78, 5) is 2.48. The monoisotopic (exact) mass is 311 g/mol. The largest absolute Gasteiger partial charge is 0.347 e. The van der Waals surface area contributed by atoms with Crippen LogP contribution in [-0.4, -0.2) is 41.5 Å². The molecule has 1 unspecified atom stereocenters. The molecule has 1 spiro atoms. The Bertz CT molecular complexity index is 382. The molecule has 1 atom stereocenters. The van der Waals surface area contributed by atoms with Gasteiger partial charge in [0.2, 0.25) is 0 Å². The predicted octanol–water partition coefficient (Wildman–Crippen LogP) is 4.60. The number of ether oxygens (including phenoxy) is 2. The molecule has 2 saturated heterocycles. The summed E-state index contributed by atoms with van der Waals surface area (Å²) in [6.07, 6.45) is 5.71. The normalized spacial score (nSPS) is 30.8. The van der Waals surface area contributed by atoms with Gasteiger partial charge in [0.15, 0.2) is 5.79 Å². The average molecular weight is 312 g/mol. The summed E-state index contributed by atoms with van der Waals surface area (Å²) in [5.74, 6) is -0.374. The topological polar surface area (TPSA) is 21.7 Å². The molecular weight excluding hydrogens is 274 g/mol. The molecule has 0 aromatic rings. The molecule has 0 saturated carbocycles. The summed E-state index contributed by atoms with van der Waals surface area (Å²) in [5.41, 5.74) is 0.600. The van der Waals surface area contributed by atoms with Crippen LogP contribution < -0.4 is 0 Å². The molecule has 0 bridgehead atoms. The Labute approximate surface area is 137 Å². The molecule has 0 aromatic heterocycles. The quantitative estimate of drug-likeness (QED) is 0.757. The maximum absolute atomic E-state index is 6.50. The van der Waals surface area contributed by atoms with Gasteiger partial charge in [0, 0.05) is 23.9 Å². The number of nitrogens with zero attached hydrogens (tertiary/aromatic N) is 1. The lowest BCUT2D eigenvalue weighted by Crippen LogP contribution is -2.64. The fourth-order valence-electron chi connectivity index (χ4n) is 4.11. The smallest absolute Gasteiger partial charge is 0.172 e. The van der Waals surface area contributed by atoms with Crippen molar-refractivity contribution in [3.05, 3.63) is 0 Å². The van der Waals surface area contributed by atoms with Crippen molar-refractivity contribution in [2.24, 2.45) is 5.41 Å². The summed E-state index contributed by atoms with van der Waals surface area (Å²) in [6.45, 7) is 16.9. The second-order valence-corrected chi connectivity index (χ2v) is 9.56. The first-order chi connectivity index (χ1) is 9.91. The maximum Gasteiger partial charge on any atom is 0.172 e. The molecule has 0 aromatic carbocycles. The van der Waals surface area contributed by atoms with Gasteiger partial charge in [0.25, 0.3) is 0 Å². The molecule has 0 N–H and O–H groups in total. The number of hydrogen-bond donors (Lipinski definition) is 0. The van der Waals surface area contributed by atoms with Crippen LogP contribution in [0, 0.1) is 5.41 Å². The molecule has 130 valence electrons. The second-order valence-electron chi connectivity index (χ2n) is 9.56. The highest BCUT2D eigenvalue weighted by Crippen LogP contribution is 2.48. The van der Waals surface area contributed by atoms with E-state index in [1.54, 1.807) is 0 Å². The Kier molecular flexibility index (Phi) is 4.76. The molecule has 2 aliphatic heterocycles. The van der Waals surface area contributed by atoms with E-state index in [0.717, 1.165) is 25.9 Å². The van der Waals surface area contributed by atoms with E-state index in [9.17, 15) is 0 Å². The summed E-state index contributed by atoms with van der Waals surface area (Å²) in [7, 11) is 2.23. The molecule has 3 nitrogen and oxygen atoms in total. The first kappa shape index (κ1) is 18.2. The van der Waals surface area contributed by atoms with Crippen molar-refractivity contribution >= 4 is 0 Å². The summed E-state index contributed by atoms with van der Waals surface area (Å²) in [6, 6.07) is 0. The molecule has 22 heavy (non-hydrogen) atoms. The number of hydrogen-bond acceptors (Lipinski definition) is 3. The zero-order chi connectivity index (χ0) is 16.8. The van der Waals surface area contributed by atoms with Gasteiger partial charge in [0.1, 0.15) is 0 Å². The zero-order valence-electron chi connectivity index (χ0n) is 16.1. The summed E-state index contributed by atoms with van der Waals surface area (Å²) >= 11 is 0. The Hall–Kier alpha value is -0.120. The molecule has 3 heteroatoms. The maximum atomic E-state index is 6.50. The molecule has 0 aliphatic carbocycles. The van der Waals surface area contributed by atoms with E-state index in [1.807, 2.05) is 0 Å². The van der Waals surface area contributed by atoms with Crippen molar-refractivity contribution in [1.29, 1.82) is 0 Å². The molecule has 0 radical (unpaired) electrons. The van der Waals surface area contributed by atoms with Crippen molar-refractivity contribution in [3.8, 4) is 0 Å². The lowest BCUT2D eigenvalue weighted by molar-refractivity contribution is -0.242. The fourth-order valence-corrected chi connectivity index (χ4v) is 4.11. The lowest BCUT2D eigenvalue weighted by Gasteiger charge is -2.56. The standard InChI is InChI=1S/C19H37NO2/c1-9-16(2,3)11-10-15-12-21-19(22-15)13-17(4,5)20(8)18(6,7)14-19/h15H,9-14H2,1-8H3. The van der Waals surface area contributed by atoms with E-state index >= 15 is 0 Å². The van der Waals surface area contributed by atoms with Crippen LogP contribution in [0.4, 0.5) is 0 Å². The number of piperidine rings is 1. The molecule has 2 fully saturated rings. The molecular formula is C19H37NO2. The van der Waals surface area contributed by atoms with Crippen LogP contribution in [0.3, 0.4) is 0 Å². The van der Waals surface area contributed by atoms with Crippen LogP contribution in [0.2, 0.25) is 0 Å². The van der Waals surface area contributed by atoms with E-state index in [-0.39, 0.29) is 23.0 Å². The van der Waals surface area contributed by atoms with E-state index in [2.05, 4.69) is 60.4 Å². The van der Waals surface area contributed by atoms with E-state index < -0.39 is 0 Å². The van der Waals surface area contributed by atoms with Gasteiger partial charge < -0.3 is 9.47 Å². The average Bonchev–Trinajstić information content (AvgIpc) is 2.75. The number of likely N-dealkylation sites (tertiary alicyclic amines) is 1. The Morgan fingerprint density at radius 3 is 2.14 bits per heavy atom. The van der Waals surface area contributed by atoms with Crippen molar-refractivity contribution in [2.75, 3.05) is 13.7 Å². The molecule has 2 aliphatic rings. The zero-order valence-corrected chi connectivity index (χ0v) is 16.1. The fraction of sp³-hybridized carbons (Fsp3) is 1.00. The van der Waals surface area contributed by atoms with E-state index in [4.69, 9.17) is 9.47 Å². The van der Waals surface area contributed by atoms with Gasteiger partial charge in [-0.25, -0.2) is 0 Å². The molecule has 0 amide bonds. The third kappa shape index (κ3) is 3.68. The third-order valence-electron chi connectivity index (χ3n) is 6.23. The van der Waals surface area contributed by atoms with Gasteiger partial charge in [-0.3, -0.25) is 4.90 Å². The van der Waals surface area contributed by atoms with Crippen LogP contribution in [0.25, 0.3) is 0 Å². The van der Waals surface area contributed by atoms with Crippen molar-refractivity contribution in [3.63, 3.8) is 0 Å². The van der Waals surface area contributed by atoms with Crippen LogP contribution in [0.15, 0.2) is 0 Å². The minimum atomic E-state index is -0.374. The molecule has 2 heterocycles. The lowest BCUT2D eigenvalue weighted by atomic mass is 9.76. The van der Waals surface area contributed by atoms with Gasteiger partial charge in [0.05, 0.1) is 12.7 Å². The first-order valence-corrected chi connectivity index (χ1v) is 8.97. The van der Waals surface area contributed by atoms with Crippen LogP contribution in [0.1, 0.15) is 80.6 Å². The van der Waals surface area contributed by atoms with Crippen molar-refractivity contribution in [2.45, 2.75) is 104 Å².